The van der Waals surface area contributed by atoms with Gasteiger partial charge in [0.1, 0.15) is 0 Å². The second kappa shape index (κ2) is 6.21. The molecule has 22 heavy (non-hydrogen) atoms. The van der Waals surface area contributed by atoms with Gasteiger partial charge in [0, 0.05) is 25.0 Å². The van der Waals surface area contributed by atoms with Crippen LogP contribution in [0.25, 0.3) is 0 Å². The lowest BCUT2D eigenvalue weighted by atomic mass is 10.0. The standard InChI is InChI=1S/C15H20N6O/c1-10-7-12(8-16-11(10)2)9-17-15(22)13-5-3-4-6-21-14(13)18-19-20-21/h7-8,13H,3-6,9H2,1-2H3,(H,17,22)/t13-/m0/s1. The normalized spacial score (nSPS) is 17.6. The van der Waals surface area contributed by atoms with Crippen LogP contribution in [0.1, 0.15) is 47.8 Å². The smallest absolute Gasteiger partial charge is 0.231 e. The molecule has 0 aromatic carbocycles. The third kappa shape index (κ3) is 2.98. The van der Waals surface area contributed by atoms with Gasteiger partial charge in [-0.1, -0.05) is 12.5 Å². The highest BCUT2D eigenvalue weighted by molar-refractivity contribution is 5.82. The molecule has 0 fully saturated rings. The number of amides is 1. The molecular weight excluding hydrogens is 280 g/mol. The van der Waals surface area contributed by atoms with Crippen molar-refractivity contribution >= 4 is 5.91 Å². The predicted octanol–water partition coefficient (Wildman–Crippen LogP) is 1.27. The summed E-state index contributed by atoms with van der Waals surface area (Å²) in [7, 11) is 0. The van der Waals surface area contributed by atoms with E-state index in [1.165, 1.54) is 0 Å². The molecule has 3 heterocycles. The minimum atomic E-state index is -0.267. The molecule has 7 nitrogen and oxygen atoms in total. The highest BCUT2D eigenvalue weighted by Crippen LogP contribution is 2.24. The molecule has 0 bridgehead atoms. The molecule has 1 aliphatic rings. The van der Waals surface area contributed by atoms with Crippen molar-refractivity contribution in [1.82, 2.24) is 30.5 Å². The van der Waals surface area contributed by atoms with Crippen LogP contribution in [0.5, 0.6) is 0 Å². The molecule has 1 amide bonds. The average molecular weight is 300 g/mol. The van der Waals surface area contributed by atoms with Crippen molar-refractivity contribution in [2.45, 2.75) is 52.1 Å². The lowest BCUT2D eigenvalue weighted by molar-refractivity contribution is -0.123. The van der Waals surface area contributed by atoms with Gasteiger partial charge in [-0.05, 0) is 48.2 Å². The highest BCUT2D eigenvalue weighted by atomic mass is 16.1. The van der Waals surface area contributed by atoms with Crippen LogP contribution in [0, 0.1) is 13.8 Å². The lowest BCUT2D eigenvalue weighted by Gasteiger charge is -2.13. The summed E-state index contributed by atoms with van der Waals surface area (Å²) < 4.78 is 1.74. The van der Waals surface area contributed by atoms with Crippen LogP contribution in [-0.2, 0) is 17.9 Å². The maximum atomic E-state index is 12.5. The van der Waals surface area contributed by atoms with Crippen molar-refractivity contribution in [2.24, 2.45) is 0 Å². The Morgan fingerprint density at radius 3 is 3.09 bits per heavy atom. The molecule has 0 aliphatic carbocycles. The Bertz CT molecular complexity index is 680. The summed E-state index contributed by atoms with van der Waals surface area (Å²) in [5.74, 6) is 0.390. The van der Waals surface area contributed by atoms with Gasteiger partial charge in [-0.2, -0.15) is 0 Å². The first-order valence-corrected chi connectivity index (χ1v) is 7.61. The van der Waals surface area contributed by atoms with E-state index in [4.69, 9.17) is 0 Å². The van der Waals surface area contributed by atoms with Crippen LogP contribution in [-0.4, -0.2) is 31.1 Å². The van der Waals surface area contributed by atoms with Crippen LogP contribution >= 0.6 is 0 Å². The third-order valence-corrected chi connectivity index (χ3v) is 4.16. The van der Waals surface area contributed by atoms with E-state index in [9.17, 15) is 4.79 Å². The number of aromatic nitrogens is 5. The van der Waals surface area contributed by atoms with Gasteiger partial charge in [0.15, 0.2) is 5.82 Å². The zero-order valence-electron chi connectivity index (χ0n) is 12.9. The number of hydrogen-bond donors (Lipinski definition) is 1. The van der Waals surface area contributed by atoms with Gasteiger partial charge in [0.2, 0.25) is 5.91 Å². The molecular formula is C15H20N6O. The number of hydrogen-bond acceptors (Lipinski definition) is 5. The van der Waals surface area contributed by atoms with Crippen molar-refractivity contribution in [3.8, 4) is 0 Å². The molecule has 0 unspecified atom stereocenters. The first-order valence-electron chi connectivity index (χ1n) is 7.61. The number of carbonyl (C=O) groups is 1. The molecule has 0 radical (unpaired) electrons. The van der Waals surface area contributed by atoms with Crippen molar-refractivity contribution in [2.75, 3.05) is 0 Å². The number of nitrogens with one attached hydrogen (secondary N) is 1. The summed E-state index contributed by atoms with van der Waals surface area (Å²) in [6, 6.07) is 2.06. The summed E-state index contributed by atoms with van der Waals surface area (Å²) in [5.41, 5.74) is 3.15. The number of aryl methyl sites for hydroxylation is 3. The molecule has 1 N–H and O–H groups in total. The Kier molecular flexibility index (Phi) is 4.13. The zero-order valence-corrected chi connectivity index (χ0v) is 12.9. The van der Waals surface area contributed by atoms with Gasteiger partial charge >= 0.3 is 0 Å². The highest BCUT2D eigenvalue weighted by Gasteiger charge is 2.28. The van der Waals surface area contributed by atoms with Gasteiger partial charge in [0.05, 0.1) is 5.92 Å². The molecule has 0 spiro atoms. The minimum absolute atomic E-state index is 0.0174. The second-order valence-electron chi connectivity index (χ2n) is 5.77. The Labute approximate surface area is 129 Å². The van der Waals surface area contributed by atoms with Gasteiger partial charge in [0.25, 0.3) is 0 Å². The van der Waals surface area contributed by atoms with E-state index in [1.807, 2.05) is 13.8 Å². The summed E-state index contributed by atoms with van der Waals surface area (Å²) in [6.45, 7) is 5.26. The molecule has 0 saturated heterocycles. The van der Waals surface area contributed by atoms with Crippen LogP contribution < -0.4 is 5.32 Å². The van der Waals surface area contributed by atoms with Gasteiger partial charge < -0.3 is 5.32 Å². The fourth-order valence-corrected chi connectivity index (χ4v) is 2.72. The topological polar surface area (TPSA) is 85.6 Å². The Balaban J connectivity index is 1.68. The second-order valence-corrected chi connectivity index (χ2v) is 5.77. The summed E-state index contributed by atoms with van der Waals surface area (Å²) in [4.78, 5) is 16.8. The number of rotatable bonds is 3. The number of nitrogens with zero attached hydrogens (tertiary/aromatic N) is 5. The predicted molar refractivity (Wildman–Crippen MR) is 80.0 cm³/mol. The Hall–Kier alpha value is -2.31. The molecule has 2 aromatic rings. The van der Waals surface area contributed by atoms with Crippen LogP contribution in [0.2, 0.25) is 0 Å². The number of carbonyl (C=O) groups excluding carboxylic acids is 1. The van der Waals surface area contributed by atoms with Gasteiger partial charge in [-0.15, -0.1) is 5.10 Å². The van der Waals surface area contributed by atoms with E-state index in [2.05, 4.69) is 31.9 Å². The monoisotopic (exact) mass is 300 g/mol. The van der Waals surface area contributed by atoms with E-state index >= 15 is 0 Å². The SMILES string of the molecule is Cc1cc(CNC(=O)[C@H]2CCCCn3nnnc32)cnc1C. The third-order valence-electron chi connectivity index (χ3n) is 4.16. The van der Waals surface area contributed by atoms with E-state index in [0.717, 1.165) is 42.6 Å². The van der Waals surface area contributed by atoms with Gasteiger partial charge in [-0.3, -0.25) is 9.78 Å². The number of pyridine rings is 1. The first-order chi connectivity index (χ1) is 10.6. The quantitative estimate of drug-likeness (QED) is 0.922. The molecule has 1 atom stereocenters. The van der Waals surface area contributed by atoms with Crippen molar-refractivity contribution in [1.29, 1.82) is 0 Å². The van der Waals surface area contributed by atoms with Gasteiger partial charge in [-0.25, -0.2) is 4.68 Å². The summed E-state index contributed by atoms with van der Waals surface area (Å²) in [6.07, 6.45) is 4.59. The number of tetrazole rings is 1. The Morgan fingerprint density at radius 2 is 2.27 bits per heavy atom. The van der Waals surface area contributed by atoms with Crippen molar-refractivity contribution in [3.05, 3.63) is 34.9 Å². The first kappa shape index (κ1) is 14.6. The van der Waals surface area contributed by atoms with E-state index in [-0.39, 0.29) is 11.8 Å². The summed E-state index contributed by atoms with van der Waals surface area (Å²) >= 11 is 0. The summed E-state index contributed by atoms with van der Waals surface area (Å²) in [5, 5.41) is 14.7. The fraction of sp³-hybridized carbons (Fsp3) is 0.533. The number of fused-ring (bicyclic) bond motifs is 1. The van der Waals surface area contributed by atoms with Crippen LogP contribution in [0.15, 0.2) is 12.3 Å². The van der Waals surface area contributed by atoms with Crippen molar-refractivity contribution < 1.29 is 4.79 Å². The Morgan fingerprint density at radius 1 is 1.41 bits per heavy atom. The minimum Gasteiger partial charge on any atom is -0.351 e. The maximum absolute atomic E-state index is 12.5. The van der Waals surface area contributed by atoms with Crippen molar-refractivity contribution in [3.63, 3.8) is 0 Å². The molecule has 3 rings (SSSR count). The molecule has 1 aliphatic heterocycles. The lowest BCUT2D eigenvalue weighted by Crippen LogP contribution is -2.30. The maximum Gasteiger partial charge on any atom is 0.231 e. The van der Waals surface area contributed by atoms with E-state index < -0.39 is 0 Å². The molecule has 0 saturated carbocycles. The van der Waals surface area contributed by atoms with Crippen LogP contribution in [0.4, 0.5) is 0 Å². The molecule has 116 valence electrons. The largest absolute Gasteiger partial charge is 0.351 e. The molecule has 7 heteroatoms. The fourth-order valence-electron chi connectivity index (χ4n) is 2.72. The molecule has 2 aromatic heterocycles. The van der Waals surface area contributed by atoms with Crippen LogP contribution in [0.3, 0.4) is 0 Å². The van der Waals surface area contributed by atoms with E-state index in [1.54, 1.807) is 10.9 Å². The zero-order chi connectivity index (χ0) is 15.5. The van der Waals surface area contributed by atoms with E-state index in [0.29, 0.717) is 12.4 Å². The average Bonchev–Trinajstić information content (AvgIpc) is 2.87.